The van der Waals surface area contributed by atoms with Crippen molar-refractivity contribution in [2.24, 2.45) is 11.8 Å². The van der Waals surface area contributed by atoms with Crippen molar-refractivity contribution in [2.75, 3.05) is 16.8 Å². The summed E-state index contributed by atoms with van der Waals surface area (Å²) in [5.74, 6) is -1.20. The molecule has 2 fully saturated rings. The maximum Gasteiger partial charge on any atom is 0.416 e. The molecule has 2 aliphatic carbocycles. The smallest absolute Gasteiger partial charge is 0.416 e. The van der Waals surface area contributed by atoms with Crippen LogP contribution in [0, 0.1) is 11.8 Å². The minimum atomic E-state index is -4.39. The minimum Gasteiger partial charge on any atom is -0.481 e. The normalized spacial score (nSPS) is 19.9. The molecule has 1 heterocycles. The number of ketones is 1. The summed E-state index contributed by atoms with van der Waals surface area (Å²) >= 11 is 0. The van der Waals surface area contributed by atoms with E-state index in [9.17, 15) is 27.9 Å². The Hall–Kier alpha value is -4.07. The zero-order valence-electron chi connectivity index (χ0n) is 21.8. The Labute approximate surface area is 230 Å². The molecule has 0 amide bonds. The second-order valence-electron chi connectivity index (χ2n) is 10.8. The highest BCUT2D eigenvalue weighted by Crippen LogP contribution is 2.41. The number of aliphatic carboxylic acids is 1. The van der Waals surface area contributed by atoms with E-state index in [1.165, 1.54) is 17.7 Å². The number of hydrogen-bond donors (Lipinski definition) is 2. The SMILES string of the molecule is O=C(O)C1CCC1C(=O)c1ccc(-c2ccc(NC(=C3CC3)N3CCCc4ccc(C(F)(F)F)cc43)cc2)cc1. The highest BCUT2D eigenvalue weighted by Gasteiger charge is 2.41. The number of carboxylic acid groups (broad SMARTS) is 1. The van der Waals surface area contributed by atoms with E-state index in [2.05, 4.69) is 5.32 Å². The first kappa shape index (κ1) is 26.2. The lowest BCUT2D eigenvalue weighted by molar-refractivity contribution is -0.146. The van der Waals surface area contributed by atoms with Crippen molar-refractivity contribution in [1.29, 1.82) is 0 Å². The van der Waals surface area contributed by atoms with Crippen molar-refractivity contribution in [3.8, 4) is 11.1 Å². The number of hydrogen-bond acceptors (Lipinski definition) is 4. The fourth-order valence-electron chi connectivity index (χ4n) is 5.66. The van der Waals surface area contributed by atoms with Gasteiger partial charge in [0.2, 0.25) is 0 Å². The van der Waals surface area contributed by atoms with Crippen LogP contribution in [-0.2, 0) is 17.4 Å². The van der Waals surface area contributed by atoms with Gasteiger partial charge in [0, 0.05) is 29.4 Å². The minimum absolute atomic E-state index is 0.118. The van der Waals surface area contributed by atoms with E-state index in [0.29, 0.717) is 30.6 Å². The number of aryl methyl sites for hydroxylation is 1. The van der Waals surface area contributed by atoms with Gasteiger partial charge < -0.3 is 15.3 Å². The first-order chi connectivity index (χ1) is 19.2. The van der Waals surface area contributed by atoms with E-state index in [1.54, 1.807) is 18.2 Å². The fourth-order valence-corrected chi connectivity index (χ4v) is 5.66. The van der Waals surface area contributed by atoms with Crippen LogP contribution in [0.3, 0.4) is 0 Å². The number of allylic oxidation sites excluding steroid dienone is 1. The first-order valence-electron chi connectivity index (χ1n) is 13.6. The van der Waals surface area contributed by atoms with Crippen LogP contribution >= 0.6 is 0 Å². The quantitative estimate of drug-likeness (QED) is 0.300. The van der Waals surface area contributed by atoms with Gasteiger partial charge in [0.05, 0.1) is 11.5 Å². The molecule has 0 aromatic heterocycles. The largest absolute Gasteiger partial charge is 0.481 e. The standard InChI is InChI=1S/C32H29F3N2O3/c33-32(34,35)24-12-9-21-2-1-17-37(28(21)18-24)30(23-7-8-23)36-25-13-10-20(11-14-25)19-3-5-22(6-4-19)29(38)26-15-16-27(26)31(39)40/h3-6,9-14,18,26-27,36H,1-2,7-8,15-17H2,(H,39,40). The summed E-state index contributed by atoms with van der Waals surface area (Å²) in [6, 6.07) is 19.1. The number of benzene rings is 3. The third-order valence-corrected chi connectivity index (χ3v) is 8.21. The molecule has 5 nitrogen and oxygen atoms in total. The van der Waals surface area contributed by atoms with E-state index in [-0.39, 0.29) is 5.78 Å². The molecule has 0 radical (unpaired) electrons. The van der Waals surface area contributed by atoms with Crippen LogP contribution in [0.2, 0.25) is 0 Å². The van der Waals surface area contributed by atoms with Crippen LogP contribution in [0.4, 0.5) is 24.5 Å². The van der Waals surface area contributed by atoms with Crippen molar-refractivity contribution in [1.82, 2.24) is 0 Å². The van der Waals surface area contributed by atoms with Crippen molar-refractivity contribution in [3.05, 3.63) is 94.8 Å². The van der Waals surface area contributed by atoms with Crippen LogP contribution in [0.25, 0.3) is 11.1 Å². The third-order valence-electron chi connectivity index (χ3n) is 8.21. The van der Waals surface area contributed by atoms with Gasteiger partial charge in [0.25, 0.3) is 0 Å². The Morgan fingerprint density at radius 2 is 1.50 bits per heavy atom. The zero-order valence-corrected chi connectivity index (χ0v) is 21.8. The van der Waals surface area contributed by atoms with Crippen molar-refractivity contribution < 1.29 is 27.9 Å². The van der Waals surface area contributed by atoms with Gasteiger partial charge in [-0.1, -0.05) is 42.5 Å². The number of carbonyl (C=O) groups is 2. The average molecular weight is 547 g/mol. The van der Waals surface area contributed by atoms with Crippen molar-refractivity contribution in [3.63, 3.8) is 0 Å². The summed E-state index contributed by atoms with van der Waals surface area (Å²) in [6.45, 7) is 0.650. The maximum absolute atomic E-state index is 13.5. The summed E-state index contributed by atoms with van der Waals surface area (Å²) in [4.78, 5) is 26.0. The molecule has 0 bridgehead atoms. The van der Waals surface area contributed by atoms with Crippen LogP contribution < -0.4 is 10.2 Å². The number of rotatable bonds is 7. The Bertz CT molecular complexity index is 1490. The van der Waals surface area contributed by atoms with Crippen LogP contribution in [0.15, 0.2) is 78.1 Å². The van der Waals surface area contributed by atoms with Gasteiger partial charge in [-0.15, -0.1) is 0 Å². The molecule has 3 aromatic rings. The number of nitrogens with zero attached hydrogens (tertiary/aromatic N) is 1. The molecule has 0 spiro atoms. The predicted octanol–water partition coefficient (Wildman–Crippen LogP) is 7.54. The number of nitrogens with one attached hydrogen (secondary N) is 1. The summed E-state index contributed by atoms with van der Waals surface area (Å²) in [5, 5.41) is 12.7. The Morgan fingerprint density at radius 3 is 2.08 bits per heavy atom. The van der Waals surface area contributed by atoms with E-state index in [4.69, 9.17) is 0 Å². The van der Waals surface area contributed by atoms with Gasteiger partial charge in [0.15, 0.2) is 5.78 Å². The molecule has 6 rings (SSSR count). The van der Waals surface area contributed by atoms with Gasteiger partial charge in [-0.3, -0.25) is 9.59 Å². The predicted molar refractivity (Wildman–Crippen MR) is 147 cm³/mol. The van der Waals surface area contributed by atoms with E-state index in [1.807, 2.05) is 41.3 Å². The van der Waals surface area contributed by atoms with E-state index >= 15 is 0 Å². The van der Waals surface area contributed by atoms with Crippen molar-refractivity contribution >= 4 is 23.1 Å². The van der Waals surface area contributed by atoms with Crippen LogP contribution in [0.5, 0.6) is 0 Å². The molecule has 2 atom stereocenters. The van der Waals surface area contributed by atoms with Gasteiger partial charge in [-0.25, -0.2) is 0 Å². The molecule has 3 aliphatic rings. The molecule has 1 aliphatic heterocycles. The number of alkyl halides is 3. The molecule has 40 heavy (non-hydrogen) atoms. The number of anilines is 2. The highest BCUT2D eigenvalue weighted by molar-refractivity contribution is 6.01. The fraction of sp³-hybridized carbons (Fsp3) is 0.312. The summed E-state index contributed by atoms with van der Waals surface area (Å²) < 4.78 is 40.4. The van der Waals surface area contributed by atoms with Gasteiger partial charge >= 0.3 is 12.1 Å². The lowest BCUT2D eigenvalue weighted by Gasteiger charge is -2.34. The number of carboxylic acids is 1. The molecular formula is C32H29F3N2O3. The summed E-state index contributed by atoms with van der Waals surface area (Å²) in [5.41, 5.74) is 5.35. The molecule has 3 aromatic carbocycles. The number of fused-ring (bicyclic) bond motifs is 1. The monoisotopic (exact) mass is 546 g/mol. The first-order valence-corrected chi connectivity index (χ1v) is 13.6. The Balaban J connectivity index is 1.18. The van der Waals surface area contributed by atoms with Gasteiger partial charge in [-0.05, 0) is 85.1 Å². The Kier molecular flexibility index (Phi) is 6.64. The maximum atomic E-state index is 13.5. The van der Waals surface area contributed by atoms with Crippen LogP contribution in [-0.4, -0.2) is 23.4 Å². The zero-order chi connectivity index (χ0) is 28.0. The molecule has 2 saturated carbocycles. The lowest BCUT2D eigenvalue weighted by Crippen LogP contribution is -2.38. The summed E-state index contributed by atoms with van der Waals surface area (Å²) in [6.07, 6.45) is 0.225. The second-order valence-corrected chi connectivity index (χ2v) is 10.8. The highest BCUT2D eigenvalue weighted by atomic mass is 19.4. The van der Waals surface area contributed by atoms with Gasteiger partial charge in [0.1, 0.15) is 5.82 Å². The van der Waals surface area contributed by atoms with E-state index in [0.717, 1.165) is 53.9 Å². The van der Waals surface area contributed by atoms with Crippen LogP contribution in [0.1, 0.15) is 53.6 Å². The molecule has 2 N–H and O–H groups in total. The molecule has 206 valence electrons. The molecular weight excluding hydrogens is 517 g/mol. The molecule has 0 saturated heterocycles. The lowest BCUT2D eigenvalue weighted by atomic mass is 9.70. The molecule has 8 heteroatoms. The second kappa shape index (κ2) is 10.2. The number of Topliss-reactive ketones (excluding diaryl/α,β-unsaturated/α-hetero) is 1. The molecule has 2 unspecified atom stereocenters. The number of carbonyl (C=O) groups excluding carboxylic acids is 1. The number of halogens is 3. The third kappa shape index (κ3) is 5.10. The topological polar surface area (TPSA) is 69.6 Å². The summed E-state index contributed by atoms with van der Waals surface area (Å²) in [7, 11) is 0. The van der Waals surface area contributed by atoms with E-state index < -0.39 is 29.5 Å². The van der Waals surface area contributed by atoms with Gasteiger partial charge in [-0.2, -0.15) is 13.2 Å². The van der Waals surface area contributed by atoms with Crippen molar-refractivity contribution in [2.45, 2.75) is 44.7 Å². The average Bonchev–Trinajstić information content (AvgIpc) is 3.76. The Morgan fingerprint density at radius 1 is 0.850 bits per heavy atom.